The summed E-state index contributed by atoms with van der Waals surface area (Å²) in [7, 11) is -3.41. The van der Waals surface area contributed by atoms with Crippen LogP contribution < -0.4 is 0 Å². The molecule has 1 aliphatic heterocycles. The third-order valence-corrected chi connectivity index (χ3v) is 10.5. The molecule has 0 spiro atoms. The molecule has 0 radical (unpaired) electrons. The maximum absolute atomic E-state index is 13.7. The zero-order chi connectivity index (χ0) is 27.8. The summed E-state index contributed by atoms with van der Waals surface area (Å²) < 4.78 is 35.3. The second-order valence-electron chi connectivity index (χ2n) is 12.1. The van der Waals surface area contributed by atoms with E-state index < -0.39 is 27.7 Å². The Morgan fingerprint density at radius 2 is 1.58 bits per heavy atom. The Kier molecular flexibility index (Phi) is 8.41. The molecule has 1 aliphatic carbocycles. The van der Waals surface area contributed by atoms with Gasteiger partial charge in [0.2, 0.25) is 10.0 Å². The number of hydrogen-bond donors (Lipinski definition) is 1. The molecule has 7 heteroatoms. The Morgan fingerprint density at radius 1 is 0.974 bits per heavy atom. The summed E-state index contributed by atoms with van der Waals surface area (Å²) in [4.78, 5) is 12.6. The maximum Gasteiger partial charge on any atom is 0.337 e. The molecule has 2 aromatic carbocycles. The van der Waals surface area contributed by atoms with E-state index >= 15 is 0 Å². The maximum atomic E-state index is 13.7. The minimum Gasteiger partial charge on any atom is -0.479 e. The SMILES string of the molecule is Cc1ccc(-c2c(C)c3c(c(C)c2[C@H](OC(C)(C)C)C(=O)O)CCN(S(=O)(=O)C2CCCCCC2)C3)cc1. The normalized spacial score (nSPS) is 18.6. The van der Waals surface area contributed by atoms with E-state index in [9.17, 15) is 18.3 Å². The molecule has 38 heavy (non-hydrogen) atoms. The van der Waals surface area contributed by atoms with Gasteiger partial charge in [0.05, 0.1) is 10.9 Å². The summed E-state index contributed by atoms with van der Waals surface area (Å²) in [6, 6.07) is 8.09. The molecule has 1 saturated carbocycles. The highest BCUT2D eigenvalue weighted by Gasteiger charge is 2.38. The summed E-state index contributed by atoms with van der Waals surface area (Å²) in [5.74, 6) is -1.02. The third kappa shape index (κ3) is 5.85. The molecule has 2 aliphatic rings. The first kappa shape index (κ1) is 28.8. The Morgan fingerprint density at radius 3 is 2.13 bits per heavy atom. The molecule has 1 fully saturated rings. The van der Waals surface area contributed by atoms with Gasteiger partial charge in [0.1, 0.15) is 0 Å². The number of ether oxygens (including phenoxy) is 1. The van der Waals surface area contributed by atoms with Gasteiger partial charge >= 0.3 is 5.97 Å². The Bertz CT molecular complexity index is 1280. The van der Waals surface area contributed by atoms with Crippen LogP contribution in [0.3, 0.4) is 0 Å². The molecular formula is C31H43NO5S. The van der Waals surface area contributed by atoms with Crippen molar-refractivity contribution in [2.75, 3.05) is 6.54 Å². The van der Waals surface area contributed by atoms with Crippen molar-refractivity contribution in [3.63, 3.8) is 0 Å². The van der Waals surface area contributed by atoms with Crippen LogP contribution in [-0.2, 0) is 32.5 Å². The molecule has 0 bridgehead atoms. The molecule has 208 valence electrons. The number of benzene rings is 2. The van der Waals surface area contributed by atoms with Gasteiger partial charge in [-0.05, 0) is 94.2 Å². The van der Waals surface area contributed by atoms with Crippen LogP contribution in [0.5, 0.6) is 0 Å². The van der Waals surface area contributed by atoms with Gasteiger partial charge in [-0.2, -0.15) is 4.31 Å². The number of aliphatic carboxylic acids is 1. The van der Waals surface area contributed by atoms with Gasteiger partial charge in [0.15, 0.2) is 6.10 Å². The average Bonchev–Trinajstić information content (AvgIpc) is 3.15. The zero-order valence-electron chi connectivity index (χ0n) is 23.8. The number of carboxylic acids is 1. The zero-order valence-corrected chi connectivity index (χ0v) is 24.6. The van der Waals surface area contributed by atoms with Gasteiger partial charge in [0, 0.05) is 18.7 Å². The predicted molar refractivity (Wildman–Crippen MR) is 152 cm³/mol. The second-order valence-corrected chi connectivity index (χ2v) is 14.3. The van der Waals surface area contributed by atoms with E-state index in [4.69, 9.17) is 4.74 Å². The number of carboxylic acid groups (broad SMARTS) is 1. The first-order valence-corrected chi connectivity index (χ1v) is 15.4. The van der Waals surface area contributed by atoms with Gasteiger partial charge in [-0.3, -0.25) is 0 Å². The Hall–Kier alpha value is -2.22. The number of carbonyl (C=O) groups is 1. The van der Waals surface area contributed by atoms with Crippen LogP contribution in [0.15, 0.2) is 24.3 Å². The number of fused-ring (bicyclic) bond motifs is 1. The highest BCUT2D eigenvalue weighted by Crippen LogP contribution is 2.43. The van der Waals surface area contributed by atoms with E-state index in [0.717, 1.165) is 77.5 Å². The molecule has 0 unspecified atom stereocenters. The van der Waals surface area contributed by atoms with E-state index in [2.05, 4.69) is 0 Å². The fourth-order valence-corrected chi connectivity index (χ4v) is 8.18. The lowest BCUT2D eigenvalue weighted by atomic mass is 9.80. The number of rotatable bonds is 6. The van der Waals surface area contributed by atoms with Gasteiger partial charge < -0.3 is 9.84 Å². The van der Waals surface area contributed by atoms with Crippen LogP contribution in [-0.4, -0.2) is 41.2 Å². The Labute approximate surface area is 228 Å². The van der Waals surface area contributed by atoms with E-state index in [1.54, 1.807) is 4.31 Å². The van der Waals surface area contributed by atoms with Crippen LogP contribution >= 0.6 is 0 Å². The fourth-order valence-electron chi connectivity index (χ4n) is 6.17. The first-order chi connectivity index (χ1) is 17.8. The van der Waals surface area contributed by atoms with Crippen molar-refractivity contribution in [1.82, 2.24) is 4.31 Å². The molecule has 1 N–H and O–H groups in total. The van der Waals surface area contributed by atoms with E-state index in [1.165, 1.54) is 0 Å². The summed E-state index contributed by atoms with van der Waals surface area (Å²) in [5, 5.41) is 10.0. The van der Waals surface area contributed by atoms with Crippen LogP contribution in [0, 0.1) is 20.8 Å². The molecule has 2 aromatic rings. The monoisotopic (exact) mass is 541 g/mol. The Balaban J connectivity index is 1.87. The van der Waals surface area contributed by atoms with Crippen LogP contribution in [0.25, 0.3) is 11.1 Å². The van der Waals surface area contributed by atoms with Gasteiger partial charge in [-0.15, -0.1) is 0 Å². The van der Waals surface area contributed by atoms with Crippen LogP contribution in [0.4, 0.5) is 0 Å². The van der Waals surface area contributed by atoms with E-state index in [1.807, 2.05) is 65.8 Å². The molecule has 1 heterocycles. The highest BCUT2D eigenvalue weighted by atomic mass is 32.2. The minimum absolute atomic E-state index is 0.305. The van der Waals surface area contributed by atoms with Crippen LogP contribution in [0.2, 0.25) is 0 Å². The van der Waals surface area contributed by atoms with Crippen molar-refractivity contribution in [3.8, 4) is 11.1 Å². The topological polar surface area (TPSA) is 83.9 Å². The van der Waals surface area contributed by atoms with Crippen molar-refractivity contribution in [2.24, 2.45) is 0 Å². The summed E-state index contributed by atoms with van der Waals surface area (Å²) >= 11 is 0. The van der Waals surface area contributed by atoms with Crippen molar-refractivity contribution in [1.29, 1.82) is 0 Å². The lowest BCUT2D eigenvalue weighted by Gasteiger charge is -2.36. The van der Waals surface area contributed by atoms with Crippen molar-refractivity contribution < 1.29 is 23.1 Å². The number of sulfonamides is 1. The third-order valence-electron chi connectivity index (χ3n) is 8.15. The van der Waals surface area contributed by atoms with E-state index in [-0.39, 0.29) is 5.25 Å². The first-order valence-electron chi connectivity index (χ1n) is 13.9. The number of aryl methyl sites for hydroxylation is 1. The average molecular weight is 542 g/mol. The van der Waals surface area contributed by atoms with Gasteiger partial charge in [-0.25, -0.2) is 13.2 Å². The molecule has 0 saturated heterocycles. The summed E-state index contributed by atoms with van der Waals surface area (Å²) in [6.07, 6.45) is 5.06. The second kappa shape index (κ2) is 11.1. The smallest absolute Gasteiger partial charge is 0.337 e. The van der Waals surface area contributed by atoms with Crippen molar-refractivity contribution in [2.45, 2.75) is 110 Å². The molecule has 0 amide bonds. The standard InChI is InChI=1S/C31H43NO5S/c1-20-13-15-23(16-14-20)27-22(3)26-19-32(38(35,36)24-11-9-7-8-10-12-24)18-17-25(26)21(2)28(27)29(30(33)34)37-31(4,5)6/h13-16,24,29H,7-12,17-19H2,1-6H3,(H,33,34)/t29-/m0/s1. The van der Waals surface area contributed by atoms with Crippen molar-refractivity contribution in [3.05, 3.63) is 57.6 Å². The summed E-state index contributed by atoms with van der Waals surface area (Å²) in [5.41, 5.74) is 6.78. The molecule has 1 atom stereocenters. The molecule has 4 rings (SSSR count). The van der Waals surface area contributed by atoms with Gasteiger partial charge in [-0.1, -0.05) is 55.5 Å². The molecule has 6 nitrogen and oxygen atoms in total. The van der Waals surface area contributed by atoms with Crippen molar-refractivity contribution >= 4 is 16.0 Å². The lowest BCUT2D eigenvalue weighted by molar-refractivity contribution is -0.160. The number of nitrogens with zero attached hydrogens (tertiary/aromatic N) is 1. The molecular weight excluding hydrogens is 498 g/mol. The predicted octanol–water partition coefficient (Wildman–Crippen LogP) is 6.63. The van der Waals surface area contributed by atoms with E-state index in [0.29, 0.717) is 25.1 Å². The number of hydrogen-bond acceptors (Lipinski definition) is 4. The van der Waals surface area contributed by atoms with Gasteiger partial charge in [0.25, 0.3) is 0 Å². The molecule has 0 aromatic heterocycles. The summed E-state index contributed by atoms with van der Waals surface area (Å²) in [6.45, 7) is 12.4. The minimum atomic E-state index is -3.41. The van der Waals surface area contributed by atoms with Crippen LogP contribution in [0.1, 0.15) is 98.8 Å². The fraction of sp³-hybridized carbons (Fsp3) is 0.581. The highest BCUT2D eigenvalue weighted by molar-refractivity contribution is 7.89. The lowest BCUT2D eigenvalue weighted by Crippen LogP contribution is -2.42. The quantitative estimate of drug-likeness (QED) is 0.415. The largest absolute Gasteiger partial charge is 0.479 e.